The molecule has 2 atom stereocenters. The van der Waals surface area contributed by atoms with E-state index < -0.39 is 0 Å². The fraction of sp³-hybridized carbons (Fsp3) is 0.778. The van der Waals surface area contributed by atoms with Gasteiger partial charge in [0.1, 0.15) is 0 Å². The Kier molecular flexibility index (Phi) is 1.86. The third-order valence-corrected chi connectivity index (χ3v) is 2.61. The molecule has 0 aliphatic heterocycles. The van der Waals surface area contributed by atoms with E-state index in [1.54, 1.807) is 0 Å². The van der Waals surface area contributed by atoms with Crippen molar-refractivity contribution in [2.75, 3.05) is 0 Å². The molecule has 0 aromatic rings. The average Bonchev–Trinajstić information content (AvgIpc) is 1.81. The van der Waals surface area contributed by atoms with Gasteiger partial charge in [-0.15, -0.1) is 0 Å². The van der Waals surface area contributed by atoms with Crippen molar-refractivity contribution in [1.82, 2.24) is 0 Å². The maximum absolute atomic E-state index is 9.22. The van der Waals surface area contributed by atoms with Crippen LogP contribution in [0, 0.1) is 11.3 Å². The van der Waals surface area contributed by atoms with E-state index in [-0.39, 0.29) is 11.5 Å². The van der Waals surface area contributed by atoms with Crippen LogP contribution in [0.15, 0.2) is 12.2 Å². The zero-order chi connectivity index (χ0) is 7.78. The molecule has 1 nitrogen and oxygen atoms in total. The Hall–Kier alpha value is -0.300. The molecule has 58 valence electrons. The number of hydrogen-bond donors (Lipinski definition) is 1. The van der Waals surface area contributed by atoms with Gasteiger partial charge in [-0.05, 0) is 17.8 Å². The van der Waals surface area contributed by atoms with E-state index in [1.807, 2.05) is 6.08 Å². The minimum atomic E-state index is -0.206. The van der Waals surface area contributed by atoms with Crippen LogP contribution in [-0.2, 0) is 0 Å². The van der Waals surface area contributed by atoms with Crippen LogP contribution >= 0.6 is 0 Å². The number of allylic oxidation sites excluding steroid dienone is 1. The second-order valence-corrected chi connectivity index (χ2v) is 3.88. The van der Waals surface area contributed by atoms with Gasteiger partial charge < -0.3 is 5.11 Å². The topological polar surface area (TPSA) is 20.2 Å². The Morgan fingerprint density at radius 3 is 2.50 bits per heavy atom. The van der Waals surface area contributed by atoms with Crippen molar-refractivity contribution in [3.63, 3.8) is 0 Å². The van der Waals surface area contributed by atoms with E-state index in [2.05, 4.69) is 26.8 Å². The van der Waals surface area contributed by atoms with Crippen LogP contribution in [0.4, 0.5) is 0 Å². The van der Waals surface area contributed by atoms with Crippen LogP contribution in [0.25, 0.3) is 0 Å². The second-order valence-electron chi connectivity index (χ2n) is 3.88. The molecule has 0 aromatic carbocycles. The molecule has 1 heteroatoms. The molecule has 1 N–H and O–H groups in total. The lowest BCUT2D eigenvalue weighted by atomic mass is 9.73. The molecule has 10 heavy (non-hydrogen) atoms. The molecule has 1 aliphatic carbocycles. The molecule has 0 saturated heterocycles. The smallest absolute Gasteiger partial charge is 0.0724 e. The maximum Gasteiger partial charge on any atom is 0.0724 e. The number of rotatable bonds is 0. The molecule has 0 bridgehead atoms. The summed E-state index contributed by atoms with van der Waals surface area (Å²) in [6.07, 6.45) is 4.72. The first-order valence-electron chi connectivity index (χ1n) is 3.90. The molecule has 0 amide bonds. The van der Waals surface area contributed by atoms with Crippen molar-refractivity contribution in [2.45, 2.75) is 33.3 Å². The van der Waals surface area contributed by atoms with Crippen LogP contribution < -0.4 is 0 Å². The summed E-state index contributed by atoms with van der Waals surface area (Å²) in [5.41, 5.74) is 0.277. The van der Waals surface area contributed by atoms with Crippen LogP contribution in [0.3, 0.4) is 0 Å². The van der Waals surface area contributed by atoms with E-state index in [0.717, 1.165) is 6.42 Å². The zero-order valence-electron chi connectivity index (χ0n) is 6.96. The average molecular weight is 140 g/mol. The third-order valence-electron chi connectivity index (χ3n) is 2.61. The quantitative estimate of drug-likeness (QED) is 0.510. The van der Waals surface area contributed by atoms with Gasteiger partial charge in [-0.25, -0.2) is 0 Å². The molecule has 0 saturated carbocycles. The molecule has 0 radical (unpaired) electrons. The third kappa shape index (κ3) is 1.40. The lowest BCUT2D eigenvalue weighted by Gasteiger charge is -2.33. The highest BCUT2D eigenvalue weighted by molar-refractivity contribution is 5.05. The molecule has 0 unspecified atom stereocenters. The van der Waals surface area contributed by atoms with Crippen molar-refractivity contribution in [3.05, 3.63) is 12.2 Å². The second kappa shape index (κ2) is 2.39. The highest BCUT2D eigenvalue weighted by Crippen LogP contribution is 2.35. The molecular formula is C9H16O. The number of hydrogen-bond acceptors (Lipinski definition) is 1. The summed E-state index contributed by atoms with van der Waals surface area (Å²) in [6, 6.07) is 0. The number of aliphatic hydroxyl groups excluding tert-OH is 1. The van der Waals surface area contributed by atoms with Crippen LogP contribution in [0.5, 0.6) is 0 Å². The largest absolute Gasteiger partial charge is 0.389 e. The Bertz CT molecular complexity index is 147. The molecule has 0 fully saturated rings. The Labute approximate surface area is 62.8 Å². The predicted octanol–water partition coefficient (Wildman–Crippen LogP) is 1.97. The van der Waals surface area contributed by atoms with Gasteiger partial charge in [0.25, 0.3) is 0 Å². The first-order chi connectivity index (χ1) is 4.52. The summed E-state index contributed by atoms with van der Waals surface area (Å²) >= 11 is 0. The molecule has 0 spiro atoms. The summed E-state index contributed by atoms with van der Waals surface area (Å²) in [5, 5.41) is 9.22. The Balaban J connectivity index is 2.72. The fourth-order valence-corrected chi connectivity index (χ4v) is 1.27. The van der Waals surface area contributed by atoms with E-state index in [1.165, 1.54) is 0 Å². The van der Waals surface area contributed by atoms with Crippen molar-refractivity contribution in [1.29, 1.82) is 0 Å². The van der Waals surface area contributed by atoms with E-state index >= 15 is 0 Å². The molecular weight excluding hydrogens is 124 g/mol. The van der Waals surface area contributed by atoms with Gasteiger partial charge >= 0.3 is 0 Å². The van der Waals surface area contributed by atoms with Gasteiger partial charge in [0.05, 0.1) is 6.10 Å². The summed E-state index contributed by atoms with van der Waals surface area (Å²) in [7, 11) is 0. The molecule has 1 aliphatic rings. The van der Waals surface area contributed by atoms with Gasteiger partial charge in [-0.2, -0.15) is 0 Å². The Morgan fingerprint density at radius 1 is 1.50 bits per heavy atom. The minimum Gasteiger partial charge on any atom is -0.389 e. The zero-order valence-corrected chi connectivity index (χ0v) is 6.96. The predicted molar refractivity (Wildman–Crippen MR) is 42.7 cm³/mol. The summed E-state index contributed by atoms with van der Waals surface area (Å²) in [5.74, 6) is 0.590. The van der Waals surface area contributed by atoms with Crippen molar-refractivity contribution in [2.24, 2.45) is 11.3 Å². The Morgan fingerprint density at radius 2 is 2.10 bits per heavy atom. The van der Waals surface area contributed by atoms with Crippen LogP contribution in [0.1, 0.15) is 27.2 Å². The van der Waals surface area contributed by atoms with Crippen molar-refractivity contribution >= 4 is 0 Å². The van der Waals surface area contributed by atoms with E-state index in [9.17, 15) is 5.11 Å². The normalized spacial score (nSPS) is 38.0. The minimum absolute atomic E-state index is 0.206. The fourth-order valence-electron chi connectivity index (χ4n) is 1.27. The molecule has 0 aromatic heterocycles. The van der Waals surface area contributed by atoms with Crippen molar-refractivity contribution in [3.8, 4) is 0 Å². The first kappa shape index (κ1) is 7.80. The monoisotopic (exact) mass is 140 g/mol. The maximum atomic E-state index is 9.22. The number of aliphatic hydroxyl groups is 1. The summed E-state index contributed by atoms with van der Waals surface area (Å²) in [4.78, 5) is 0. The standard InChI is InChI=1S/C9H16O/c1-7-6-8(10)4-5-9(7,2)3/h4-5,7-8,10H,6H2,1-3H3/t7-,8-/m0/s1. The van der Waals surface area contributed by atoms with Gasteiger partial charge in [-0.3, -0.25) is 0 Å². The van der Waals surface area contributed by atoms with Gasteiger partial charge in [-0.1, -0.05) is 32.9 Å². The van der Waals surface area contributed by atoms with Crippen molar-refractivity contribution < 1.29 is 5.11 Å². The van der Waals surface area contributed by atoms with E-state index in [4.69, 9.17) is 0 Å². The van der Waals surface area contributed by atoms with Gasteiger partial charge in [0, 0.05) is 0 Å². The SMILES string of the molecule is C[C@H]1C[C@@H](O)C=CC1(C)C. The molecule has 1 rings (SSSR count). The first-order valence-corrected chi connectivity index (χ1v) is 3.90. The summed E-state index contributed by atoms with van der Waals surface area (Å²) in [6.45, 7) is 6.60. The van der Waals surface area contributed by atoms with Crippen LogP contribution in [0.2, 0.25) is 0 Å². The lowest BCUT2D eigenvalue weighted by molar-refractivity contribution is 0.138. The van der Waals surface area contributed by atoms with Gasteiger partial charge in [0.15, 0.2) is 0 Å². The van der Waals surface area contributed by atoms with Crippen LogP contribution in [-0.4, -0.2) is 11.2 Å². The van der Waals surface area contributed by atoms with E-state index in [0.29, 0.717) is 5.92 Å². The van der Waals surface area contributed by atoms with Gasteiger partial charge in [0.2, 0.25) is 0 Å². The highest BCUT2D eigenvalue weighted by Gasteiger charge is 2.27. The summed E-state index contributed by atoms with van der Waals surface area (Å²) < 4.78 is 0. The highest BCUT2D eigenvalue weighted by atomic mass is 16.3. The lowest BCUT2D eigenvalue weighted by Crippen LogP contribution is -2.27. The molecule has 0 heterocycles.